The number of nitrogens with one attached hydrogen (secondary N) is 1. The van der Waals surface area contributed by atoms with Crippen LogP contribution in [-0.2, 0) is 0 Å². The molecule has 0 aliphatic carbocycles. The van der Waals surface area contributed by atoms with Crippen LogP contribution in [0.1, 0.15) is 26.3 Å². The summed E-state index contributed by atoms with van der Waals surface area (Å²) in [5.74, 6) is -0.0607. The molecule has 3 heterocycles. The maximum absolute atomic E-state index is 13.1. The van der Waals surface area contributed by atoms with Crippen molar-refractivity contribution in [1.29, 1.82) is 0 Å². The molecular formula is C27H25N5O2S. The van der Waals surface area contributed by atoms with Gasteiger partial charge in [0.1, 0.15) is 0 Å². The summed E-state index contributed by atoms with van der Waals surface area (Å²) in [6, 6.07) is 19.3. The molecule has 176 valence electrons. The van der Waals surface area contributed by atoms with Crippen LogP contribution in [0.3, 0.4) is 0 Å². The van der Waals surface area contributed by atoms with Crippen LogP contribution < -0.4 is 4.72 Å². The highest BCUT2D eigenvalue weighted by molar-refractivity contribution is 8.00. The number of amides is 2. The number of rotatable bonds is 5. The number of aromatic nitrogens is 2. The number of hydrogen-bond donors (Lipinski definition) is 1. The lowest BCUT2D eigenvalue weighted by molar-refractivity contribution is 0.0535. The van der Waals surface area contributed by atoms with Crippen LogP contribution in [0, 0.1) is 6.92 Å². The average Bonchev–Trinajstić information content (AvgIpc) is 2.92. The number of aryl methyl sites for hydroxylation is 1. The second-order valence-electron chi connectivity index (χ2n) is 8.39. The van der Waals surface area contributed by atoms with E-state index in [4.69, 9.17) is 0 Å². The van der Waals surface area contributed by atoms with Gasteiger partial charge in [-0.3, -0.25) is 19.6 Å². The Balaban J connectivity index is 1.21. The zero-order valence-corrected chi connectivity index (χ0v) is 20.2. The molecule has 1 saturated heterocycles. The molecule has 8 heteroatoms. The first-order chi connectivity index (χ1) is 17.1. The van der Waals surface area contributed by atoms with E-state index in [0.29, 0.717) is 37.3 Å². The fourth-order valence-electron chi connectivity index (χ4n) is 4.15. The molecule has 5 rings (SSSR count). The molecule has 7 nitrogen and oxygen atoms in total. The third-order valence-corrected chi connectivity index (χ3v) is 6.97. The zero-order chi connectivity index (χ0) is 24.2. The monoisotopic (exact) mass is 483 g/mol. The van der Waals surface area contributed by atoms with Crippen molar-refractivity contribution in [3.05, 3.63) is 95.9 Å². The van der Waals surface area contributed by atoms with Gasteiger partial charge in [-0.15, -0.1) is 0 Å². The van der Waals surface area contributed by atoms with Crippen molar-refractivity contribution in [2.24, 2.45) is 0 Å². The van der Waals surface area contributed by atoms with Crippen molar-refractivity contribution in [3.8, 4) is 0 Å². The molecule has 0 spiro atoms. The standard InChI is InChI=1S/C27H25N5O2S/c1-19-17-21(9-10-23(19)30-35-24-8-2-5-20-6-4-12-29-25(20)24)26(33)31-13-15-32(16-14-31)27(34)22-7-3-11-28-18-22/h2-12,17-18,30H,13-16H2,1H3. The van der Waals surface area contributed by atoms with E-state index in [2.05, 4.69) is 14.7 Å². The van der Waals surface area contributed by atoms with Gasteiger partial charge in [0.15, 0.2) is 0 Å². The Bertz CT molecular complexity index is 1370. The number of fused-ring (bicyclic) bond motifs is 1. The fourth-order valence-corrected chi connectivity index (χ4v) is 5.01. The predicted molar refractivity (Wildman–Crippen MR) is 138 cm³/mol. The first-order valence-corrected chi connectivity index (χ1v) is 12.3. The van der Waals surface area contributed by atoms with Gasteiger partial charge in [0.05, 0.1) is 16.0 Å². The molecule has 35 heavy (non-hydrogen) atoms. The van der Waals surface area contributed by atoms with E-state index in [9.17, 15) is 9.59 Å². The lowest BCUT2D eigenvalue weighted by atomic mass is 10.1. The van der Waals surface area contributed by atoms with E-state index in [0.717, 1.165) is 27.0 Å². The highest BCUT2D eigenvalue weighted by atomic mass is 32.2. The smallest absolute Gasteiger partial charge is 0.255 e. The predicted octanol–water partition coefficient (Wildman–Crippen LogP) is 4.66. The second-order valence-corrected chi connectivity index (χ2v) is 9.24. The number of piperazine rings is 1. The van der Waals surface area contributed by atoms with Crippen LogP contribution in [0.4, 0.5) is 5.69 Å². The number of carbonyl (C=O) groups excluding carboxylic acids is 2. The van der Waals surface area contributed by atoms with E-state index >= 15 is 0 Å². The molecule has 2 amide bonds. The normalized spacial score (nSPS) is 13.6. The van der Waals surface area contributed by atoms with Crippen LogP contribution in [-0.4, -0.2) is 57.8 Å². The molecule has 2 aromatic carbocycles. The summed E-state index contributed by atoms with van der Waals surface area (Å²) in [6.07, 6.45) is 5.02. The van der Waals surface area contributed by atoms with Gasteiger partial charge in [-0.1, -0.05) is 18.2 Å². The Hall–Kier alpha value is -3.91. The van der Waals surface area contributed by atoms with Crippen molar-refractivity contribution in [1.82, 2.24) is 19.8 Å². The van der Waals surface area contributed by atoms with Crippen LogP contribution in [0.2, 0.25) is 0 Å². The van der Waals surface area contributed by atoms with E-state index < -0.39 is 0 Å². The third kappa shape index (κ3) is 4.97. The fraction of sp³-hybridized carbons (Fsp3) is 0.185. The Labute approximate surface area is 208 Å². The SMILES string of the molecule is Cc1cc(C(=O)N2CCN(C(=O)c3cccnc3)CC2)ccc1NSc1cccc2cccnc12. The first-order valence-electron chi connectivity index (χ1n) is 11.5. The summed E-state index contributed by atoms with van der Waals surface area (Å²) in [5.41, 5.74) is 4.12. The summed E-state index contributed by atoms with van der Waals surface area (Å²) in [5, 5.41) is 1.10. The van der Waals surface area contributed by atoms with Crippen LogP contribution in [0.25, 0.3) is 10.9 Å². The minimum Gasteiger partial charge on any atom is -0.335 e. The van der Waals surface area contributed by atoms with E-state index in [-0.39, 0.29) is 11.8 Å². The third-order valence-electron chi connectivity index (χ3n) is 6.10. The van der Waals surface area contributed by atoms with E-state index in [1.165, 1.54) is 11.9 Å². The molecule has 0 radical (unpaired) electrons. The minimum atomic E-state index is -0.0460. The summed E-state index contributed by atoms with van der Waals surface area (Å²) in [4.78, 5) is 38.9. The maximum atomic E-state index is 13.1. The number of carbonyl (C=O) groups is 2. The van der Waals surface area contributed by atoms with Gasteiger partial charge >= 0.3 is 0 Å². The Morgan fingerprint density at radius 1 is 0.857 bits per heavy atom. The molecule has 0 atom stereocenters. The molecular weight excluding hydrogens is 458 g/mol. The quantitative estimate of drug-likeness (QED) is 0.416. The van der Waals surface area contributed by atoms with Crippen molar-refractivity contribution in [2.45, 2.75) is 11.8 Å². The van der Waals surface area contributed by atoms with E-state index in [1.807, 2.05) is 60.4 Å². The van der Waals surface area contributed by atoms with Gasteiger partial charge in [-0.05, 0) is 66.9 Å². The highest BCUT2D eigenvalue weighted by Gasteiger charge is 2.25. The summed E-state index contributed by atoms with van der Waals surface area (Å²) in [6.45, 7) is 4.02. The van der Waals surface area contributed by atoms with Crippen molar-refractivity contribution in [3.63, 3.8) is 0 Å². The topological polar surface area (TPSA) is 78.4 Å². The molecule has 4 aromatic rings. The molecule has 2 aromatic heterocycles. The number of para-hydroxylation sites is 1. The van der Waals surface area contributed by atoms with Crippen LogP contribution in [0.5, 0.6) is 0 Å². The van der Waals surface area contributed by atoms with Crippen LogP contribution in [0.15, 0.2) is 84.1 Å². The Morgan fingerprint density at radius 2 is 1.57 bits per heavy atom. The summed E-state index contributed by atoms with van der Waals surface area (Å²) in [7, 11) is 0. The first kappa shape index (κ1) is 22.9. The molecule has 0 bridgehead atoms. The molecule has 1 aliphatic heterocycles. The van der Waals surface area contributed by atoms with Gasteiger partial charge in [-0.25, -0.2) is 0 Å². The summed E-state index contributed by atoms with van der Waals surface area (Å²) >= 11 is 1.51. The van der Waals surface area contributed by atoms with Crippen LogP contribution >= 0.6 is 11.9 Å². The number of anilines is 1. The van der Waals surface area contributed by atoms with Gasteiger partial charge < -0.3 is 14.5 Å². The Morgan fingerprint density at radius 3 is 2.29 bits per heavy atom. The van der Waals surface area contributed by atoms with Gasteiger partial charge in [-0.2, -0.15) is 0 Å². The second kappa shape index (κ2) is 10.1. The zero-order valence-electron chi connectivity index (χ0n) is 19.3. The molecule has 1 aliphatic rings. The lowest BCUT2D eigenvalue weighted by Crippen LogP contribution is -2.50. The van der Waals surface area contributed by atoms with E-state index in [1.54, 1.807) is 35.6 Å². The minimum absolute atomic E-state index is 0.0148. The van der Waals surface area contributed by atoms with Gasteiger partial charge in [0, 0.05) is 61.4 Å². The maximum Gasteiger partial charge on any atom is 0.255 e. The molecule has 0 saturated carbocycles. The van der Waals surface area contributed by atoms with Crippen molar-refractivity contribution >= 4 is 40.4 Å². The summed E-state index contributed by atoms with van der Waals surface area (Å²) < 4.78 is 3.40. The van der Waals surface area contributed by atoms with Gasteiger partial charge in [0.2, 0.25) is 0 Å². The Kier molecular flexibility index (Phi) is 6.63. The molecule has 0 unspecified atom stereocenters. The number of benzene rings is 2. The van der Waals surface area contributed by atoms with Crippen molar-refractivity contribution < 1.29 is 9.59 Å². The largest absolute Gasteiger partial charge is 0.335 e. The highest BCUT2D eigenvalue weighted by Crippen LogP contribution is 2.29. The molecule has 1 N–H and O–H groups in total. The number of nitrogens with zero attached hydrogens (tertiary/aromatic N) is 4. The molecule has 1 fully saturated rings. The average molecular weight is 484 g/mol. The number of pyridine rings is 2. The van der Waals surface area contributed by atoms with Gasteiger partial charge in [0.25, 0.3) is 11.8 Å². The van der Waals surface area contributed by atoms with Crippen molar-refractivity contribution in [2.75, 3.05) is 30.9 Å². The lowest BCUT2D eigenvalue weighted by Gasteiger charge is -2.35. The number of hydrogen-bond acceptors (Lipinski definition) is 6.